The van der Waals surface area contributed by atoms with Crippen molar-refractivity contribution in [3.05, 3.63) is 66.4 Å². The van der Waals surface area contributed by atoms with Crippen LogP contribution in [0.5, 0.6) is 0 Å². The van der Waals surface area contributed by atoms with Crippen LogP contribution in [0.25, 0.3) is 11.0 Å². The van der Waals surface area contributed by atoms with Crippen molar-refractivity contribution in [3.63, 3.8) is 0 Å². The molecular formula is C20H17N7OS. The second-order valence-electron chi connectivity index (χ2n) is 6.16. The topological polar surface area (TPSA) is 106 Å². The molecule has 0 aliphatic carbocycles. The summed E-state index contributed by atoms with van der Waals surface area (Å²) in [5, 5.41) is 7.57. The van der Waals surface area contributed by atoms with Crippen molar-refractivity contribution in [2.75, 3.05) is 16.9 Å². The number of fused-ring (bicyclic) bond motifs is 1. The Morgan fingerprint density at radius 2 is 1.90 bits per heavy atom. The van der Waals surface area contributed by atoms with Crippen molar-refractivity contribution in [2.45, 2.75) is 12.1 Å². The molecule has 3 heterocycles. The van der Waals surface area contributed by atoms with Crippen LogP contribution in [0.2, 0.25) is 0 Å². The third-order valence-corrected chi connectivity index (χ3v) is 4.80. The quantitative estimate of drug-likeness (QED) is 0.382. The zero-order chi connectivity index (χ0) is 20.2. The number of anilines is 3. The number of carbonyl (C=O) groups is 1. The first-order chi connectivity index (χ1) is 14.1. The number of benzene rings is 1. The highest BCUT2D eigenvalue weighted by Crippen LogP contribution is 2.27. The molecule has 1 aromatic carbocycles. The van der Waals surface area contributed by atoms with Crippen LogP contribution >= 0.6 is 11.8 Å². The van der Waals surface area contributed by atoms with E-state index in [2.05, 4.69) is 35.6 Å². The molecule has 29 heavy (non-hydrogen) atoms. The van der Waals surface area contributed by atoms with Gasteiger partial charge in [0.05, 0.1) is 5.39 Å². The van der Waals surface area contributed by atoms with Crippen molar-refractivity contribution < 1.29 is 4.79 Å². The Bertz CT molecular complexity index is 1180. The van der Waals surface area contributed by atoms with Gasteiger partial charge in [0.25, 0.3) is 5.91 Å². The Labute approximate surface area is 171 Å². The number of hydrogen-bond acceptors (Lipinski definition) is 8. The summed E-state index contributed by atoms with van der Waals surface area (Å²) < 4.78 is 0. The Kier molecular flexibility index (Phi) is 5.30. The Morgan fingerprint density at radius 1 is 1.07 bits per heavy atom. The minimum absolute atomic E-state index is 0.201. The molecule has 4 rings (SSSR count). The zero-order valence-corrected chi connectivity index (χ0v) is 16.6. The summed E-state index contributed by atoms with van der Waals surface area (Å²) in [6.45, 7) is 1.97. The van der Waals surface area contributed by atoms with Gasteiger partial charge in [0, 0.05) is 35.5 Å². The zero-order valence-electron chi connectivity index (χ0n) is 15.7. The molecule has 0 saturated carbocycles. The largest absolute Gasteiger partial charge is 0.339 e. The normalized spacial score (nSPS) is 10.7. The molecule has 0 radical (unpaired) electrons. The predicted octanol–water partition coefficient (Wildman–Crippen LogP) is 3.84. The molecule has 0 aliphatic heterocycles. The average molecular weight is 403 g/mol. The van der Waals surface area contributed by atoms with Crippen molar-refractivity contribution in [3.8, 4) is 0 Å². The summed E-state index contributed by atoms with van der Waals surface area (Å²) in [7, 11) is 0. The minimum atomic E-state index is -0.201. The van der Waals surface area contributed by atoms with Gasteiger partial charge in [-0.1, -0.05) is 17.8 Å². The van der Waals surface area contributed by atoms with E-state index in [1.807, 2.05) is 31.4 Å². The maximum Gasteiger partial charge on any atom is 0.255 e. The van der Waals surface area contributed by atoms with Crippen LogP contribution in [0.4, 0.5) is 17.2 Å². The molecule has 1 amide bonds. The maximum atomic E-state index is 12.4. The number of pyridine rings is 1. The maximum absolute atomic E-state index is 12.4. The van der Waals surface area contributed by atoms with E-state index in [-0.39, 0.29) is 5.91 Å². The summed E-state index contributed by atoms with van der Waals surface area (Å²) >= 11 is 1.45. The van der Waals surface area contributed by atoms with Crippen LogP contribution in [0.15, 0.2) is 60.4 Å². The third kappa shape index (κ3) is 4.14. The molecule has 0 aliphatic rings. The van der Waals surface area contributed by atoms with Gasteiger partial charge in [-0.15, -0.1) is 0 Å². The first-order valence-electron chi connectivity index (χ1n) is 8.75. The molecule has 8 nitrogen and oxygen atoms in total. The Hall–Kier alpha value is -3.59. The van der Waals surface area contributed by atoms with Gasteiger partial charge >= 0.3 is 0 Å². The molecule has 3 aromatic heterocycles. The fraction of sp³-hybridized carbons (Fsp3) is 0.100. The second-order valence-corrected chi connectivity index (χ2v) is 6.93. The van der Waals surface area contributed by atoms with Crippen molar-refractivity contribution in [2.24, 2.45) is 0 Å². The van der Waals surface area contributed by atoms with Gasteiger partial charge in [0.15, 0.2) is 10.8 Å². The number of amides is 1. The first-order valence-corrected chi connectivity index (χ1v) is 9.97. The van der Waals surface area contributed by atoms with Crippen LogP contribution in [0, 0.1) is 6.92 Å². The molecule has 4 aromatic rings. The highest BCUT2D eigenvalue weighted by Gasteiger charge is 2.11. The second kappa shape index (κ2) is 8.19. The van der Waals surface area contributed by atoms with Gasteiger partial charge in [-0.25, -0.2) is 19.9 Å². The van der Waals surface area contributed by atoms with Crippen molar-refractivity contribution in [1.82, 2.24) is 24.9 Å². The van der Waals surface area contributed by atoms with Gasteiger partial charge in [0.2, 0.25) is 0 Å². The predicted molar refractivity (Wildman–Crippen MR) is 114 cm³/mol. The lowest BCUT2D eigenvalue weighted by Crippen LogP contribution is -2.12. The lowest BCUT2D eigenvalue weighted by Gasteiger charge is -2.13. The van der Waals surface area contributed by atoms with Gasteiger partial charge < -0.3 is 10.6 Å². The van der Waals surface area contributed by atoms with Crippen LogP contribution in [-0.4, -0.2) is 37.1 Å². The Morgan fingerprint density at radius 3 is 2.69 bits per heavy atom. The monoisotopic (exact) mass is 403 g/mol. The number of aryl methyl sites for hydroxylation is 1. The molecule has 0 saturated heterocycles. The number of nitrogens with one attached hydrogen (secondary N) is 2. The summed E-state index contributed by atoms with van der Waals surface area (Å²) in [5.41, 5.74) is 3.59. The summed E-state index contributed by atoms with van der Waals surface area (Å²) in [4.78, 5) is 33.6. The molecule has 9 heteroatoms. The van der Waals surface area contributed by atoms with Crippen LogP contribution < -0.4 is 10.6 Å². The van der Waals surface area contributed by atoms with Crippen LogP contribution in [-0.2, 0) is 0 Å². The molecule has 0 spiro atoms. The van der Waals surface area contributed by atoms with E-state index in [1.165, 1.54) is 18.1 Å². The number of carbonyl (C=O) groups excluding carboxylic acids is 1. The summed E-state index contributed by atoms with van der Waals surface area (Å²) in [5.74, 6) is 0.399. The van der Waals surface area contributed by atoms with E-state index in [0.29, 0.717) is 27.9 Å². The van der Waals surface area contributed by atoms with E-state index in [9.17, 15) is 4.79 Å². The van der Waals surface area contributed by atoms with Crippen LogP contribution in [0.3, 0.4) is 0 Å². The molecule has 0 unspecified atom stereocenters. The lowest BCUT2D eigenvalue weighted by molar-refractivity contribution is 0.102. The van der Waals surface area contributed by atoms with E-state index in [0.717, 1.165) is 16.6 Å². The molecule has 0 fully saturated rings. The SMILES string of the molecule is CSc1ncc2c(Nc3cc(NC(=O)c4ccncc4)ccc3C)ncnc2n1. The highest BCUT2D eigenvalue weighted by atomic mass is 32.2. The summed E-state index contributed by atoms with van der Waals surface area (Å²) in [6, 6.07) is 8.97. The molecule has 2 N–H and O–H groups in total. The number of nitrogens with zero attached hydrogens (tertiary/aromatic N) is 5. The van der Waals surface area contributed by atoms with E-state index >= 15 is 0 Å². The molecule has 144 valence electrons. The van der Waals surface area contributed by atoms with Gasteiger partial charge in [-0.3, -0.25) is 9.78 Å². The number of rotatable bonds is 5. The smallest absolute Gasteiger partial charge is 0.255 e. The minimum Gasteiger partial charge on any atom is -0.339 e. The molecular weight excluding hydrogens is 386 g/mol. The molecule has 0 bridgehead atoms. The molecule has 0 atom stereocenters. The fourth-order valence-corrected chi connectivity index (χ4v) is 3.04. The first kappa shape index (κ1) is 18.8. The van der Waals surface area contributed by atoms with E-state index < -0.39 is 0 Å². The van der Waals surface area contributed by atoms with E-state index in [1.54, 1.807) is 30.7 Å². The number of hydrogen-bond donors (Lipinski definition) is 2. The summed E-state index contributed by atoms with van der Waals surface area (Å²) in [6.07, 6.45) is 8.26. The fourth-order valence-electron chi connectivity index (χ4n) is 2.70. The number of aromatic nitrogens is 5. The van der Waals surface area contributed by atoms with Gasteiger partial charge in [0.1, 0.15) is 12.1 Å². The highest BCUT2D eigenvalue weighted by molar-refractivity contribution is 7.98. The Balaban J connectivity index is 1.62. The van der Waals surface area contributed by atoms with Crippen molar-refractivity contribution >= 4 is 45.9 Å². The van der Waals surface area contributed by atoms with Gasteiger partial charge in [-0.05, 0) is 43.0 Å². The third-order valence-electron chi connectivity index (χ3n) is 4.24. The van der Waals surface area contributed by atoms with Crippen molar-refractivity contribution in [1.29, 1.82) is 0 Å². The van der Waals surface area contributed by atoms with E-state index in [4.69, 9.17) is 0 Å². The van der Waals surface area contributed by atoms with Crippen LogP contribution in [0.1, 0.15) is 15.9 Å². The lowest BCUT2D eigenvalue weighted by atomic mass is 10.1. The number of thioether (sulfide) groups is 1. The standard InChI is InChI=1S/C20H17N7OS/c1-12-3-4-14(25-19(28)13-5-7-21-8-6-13)9-16(12)26-17-15-10-22-20(29-2)27-18(15)24-11-23-17/h3-11H,1-2H3,(H,25,28)(H,22,23,24,26,27). The average Bonchev–Trinajstić information content (AvgIpc) is 2.76. The van der Waals surface area contributed by atoms with Gasteiger partial charge in [-0.2, -0.15) is 0 Å².